The average molecular weight is 413 g/mol. The van der Waals surface area contributed by atoms with E-state index in [1.54, 1.807) is 18.4 Å². The molecule has 0 amide bonds. The van der Waals surface area contributed by atoms with Crippen molar-refractivity contribution >= 4 is 16.0 Å². The first-order valence-corrected chi connectivity index (χ1v) is 10.8. The molecule has 2 aromatic carbocycles. The van der Waals surface area contributed by atoms with Gasteiger partial charge in [0.2, 0.25) is 10.0 Å². The lowest BCUT2D eigenvalue weighted by Crippen LogP contribution is -2.38. The number of hydrogen-bond donors (Lipinski definition) is 3. The van der Waals surface area contributed by atoms with E-state index in [4.69, 9.17) is 9.56 Å². The number of aliphatic imine (C=N–C) groups is 1. The zero-order chi connectivity index (χ0) is 20.5. The molecule has 152 valence electrons. The van der Waals surface area contributed by atoms with Crippen LogP contribution in [0.4, 0.5) is 0 Å². The van der Waals surface area contributed by atoms with Crippen LogP contribution in [-0.4, -0.2) is 20.9 Å². The first-order valence-electron chi connectivity index (χ1n) is 9.21. The molecular formula is C21H24N4O3S. The lowest BCUT2D eigenvalue weighted by atomic mass is 10.2. The minimum absolute atomic E-state index is 0.0933. The normalized spacial score (nSPS) is 12.0. The summed E-state index contributed by atoms with van der Waals surface area (Å²) in [5.41, 5.74) is 2.02. The summed E-state index contributed by atoms with van der Waals surface area (Å²) < 4.78 is 28.1. The highest BCUT2D eigenvalue weighted by Gasteiger charge is 2.07. The minimum Gasteiger partial charge on any atom is -0.469 e. The maximum atomic E-state index is 11.4. The van der Waals surface area contributed by atoms with Gasteiger partial charge in [-0.05, 0) is 35.4 Å². The van der Waals surface area contributed by atoms with E-state index in [9.17, 15) is 8.42 Å². The van der Waals surface area contributed by atoms with Gasteiger partial charge < -0.3 is 15.1 Å². The number of primary sulfonamides is 1. The number of nitrogens with one attached hydrogen (secondary N) is 2. The maximum absolute atomic E-state index is 11.4. The standard InChI is InChI=1S/C21H24N4O3S/c22-29(26,27)20-10-8-18(9-11-20)16-25-21(23-13-12-19-7-4-14-28-19)24-15-17-5-2-1-3-6-17/h1-11,14H,12-13,15-16H2,(H2,22,26,27)(H2,23,24,25). The quantitative estimate of drug-likeness (QED) is 0.389. The Morgan fingerprint density at radius 3 is 2.34 bits per heavy atom. The summed E-state index contributed by atoms with van der Waals surface area (Å²) in [6.07, 6.45) is 2.39. The number of furan rings is 1. The fourth-order valence-electron chi connectivity index (χ4n) is 2.67. The molecule has 0 aliphatic heterocycles. The first kappa shape index (κ1) is 20.6. The van der Waals surface area contributed by atoms with Crippen LogP contribution in [0.15, 0.2) is 87.3 Å². The molecule has 29 heavy (non-hydrogen) atoms. The number of nitrogens with zero attached hydrogens (tertiary/aromatic N) is 1. The molecule has 0 aliphatic rings. The summed E-state index contributed by atoms with van der Waals surface area (Å²) in [4.78, 5) is 4.73. The van der Waals surface area contributed by atoms with Gasteiger partial charge in [-0.1, -0.05) is 42.5 Å². The van der Waals surface area contributed by atoms with E-state index in [2.05, 4.69) is 15.6 Å². The zero-order valence-electron chi connectivity index (χ0n) is 15.9. The van der Waals surface area contributed by atoms with Crippen molar-refractivity contribution in [1.29, 1.82) is 0 Å². The molecule has 1 heterocycles. The van der Waals surface area contributed by atoms with Crippen LogP contribution in [0.25, 0.3) is 0 Å². The zero-order valence-corrected chi connectivity index (χ0v) is 16.7. The van der Waals surface area contributed by atoms with Gasteiger partial charge in [0, 0.05) is 19.5 Å². The summed E-state index contributed by atoms with van der Waals surface area (Å²) in [5, 5.41) is 11.7. The van der Waals surface area contributed by atoms with E-state index in [1.807, 2.05) is 42.5 Å². The fourth-order valence-corrected chi connectivity index (χ4v) is 3.19. The number of guanidine groups is 1. The molecular weight excluding hydrogens is 388 g/mol. The van der Waals surface area contributed by atoms with Crippen molar-refractivity contribution in [3.8, 4) is 0 Å². The highest BCUT2D eigenvalue weighted by molar-refractivity contribution is 7.89. The molecule has 0 spiro atoms. The first-order chi connectivity index (χ1) is 14.0. The maximum Gasteiger partial charge on any atom is 0.238 e. The molecule has 0 saturated heterocycles. The van der Waals surface area contributed by atoms with Crippen LogP contribution < -0.4 is 15.8 Å². The van der Waals surface area contributed by atoms with Gasteiger partial charge in [0.25, 0.3) is 0 Å². The monoisotopic (exact) mass is 412 g/mol. The summed E-state index contributed by atoms with van der Waals surface area (Å²) in [6.45, 7) is 1.70. The van der Waals surface area contributed by atoms with E-state index in [0.29, 0.717) is 25.6 Å². The summed E-state index contributed by atoms with van der Waals surface area (Å²) in [7, 11) is -3.69. The molecule has 3 rings (SSSR count). The smallest absolute Gasteiger partial charge is 0.238 e. The number of hydrogen-bond acceptors (Lipinski definition) is 4. The SMILES string of the molecule is NS(=O)(=O)c1ccc(CNC(=NCc2ccccc2)NCCc2ccco2)cc1. The van der Waals surface area contributed by atoms with Gasteiger partial charge in [0.05, 0.1) is 17.7 Å². The molecule has 0 atom stereocenters. The Kier molecular flexibility index (Phi) is 7.04. The van der Waals surface area contributed by atoms with Gasteiger partial charge in [-0.25, -0.2) is 18.5 Å². The highest BCUT2D eigenvalue weighted by atomic mass is 32.2. The van der Waals surface area contributed by atoms with Crippen molar-refractivity contribution < 1.29 is 12.8 Å². The van der Waals surface area contributed by atoms with E-state index >= 15 is 0 Å². The summed E-state index contributed by atoms with van der Waals surface area (Å²) >= 11 is 0. The van der Waals surface area contributed by atoms with Crippen molar-refractivity contribution in [2.45, 2.75) is 24.4 Å². The fraction of sp³-hybridized carbons (Fsp3) is 0.190. The highest BCUT2D eigenvalue weighted by Crippen LogP contribution is 2.08. The van der Waals surface area contributed by atoms with Gasteiger partial charge in [0.15, 0.2) is 5.96 Å². The number of sulfonamides is 1. The topological polar surface area (TPSA) is 110 Å². The third-order valence-electron chi connectivity index (χ3n) is 4.22. The van der Waals surface area contributed by atoms with Gasteiger partial charge in [-0.3, -0.25) is 0 Å². The molecule has 0 radical (unpaired) electrons. The average Bonchev–Trinajstić information content (AvgIpc) is 3.23. The van der Waals surface area contributed by atoms with Gasteiger partial charge >= 0.3 is 0 Å². The number of benzene rings is 2. The molecule has 0 saturated carbocycles. The Morgan fingerprint density at radius 2 is 1.69 bits per heavy atom. The molecule has 0 fully saturated rings. The number of nitrogens with two attached hydrogens (primary N) is 1. The van der Waals surface area contributed by atoms with Crippen LogP contribution in [0.2, 0.25) is 0 Å². The molecule has 0 unspecified atom stereocenters. The van der Waals surface area contributed by atoms with Crippen LogP contribution >= 0.6 is 0 Å². The van der Waals surface area contributed by atoms with E-state index in [0.717, 1.165) is 23.3 Å². The second kappa shape index (κ2) is 9.90. The van der Waals surface area contributed by atoms with Crippen molar-refractivity contribution in [3.05, 3.63) is 89.9 Å². The predicted molar refractivity (Wildman–Crippen MR) is 113 cm³/mol. The van der Waals surface area contributed by atoms with Crippen molar-refractivity contribution in [3.63, 3.8) is 0 Å². The Bertz CT molecular complexity index is 1020. The summed E-state index contributed by atoms with van der Waals surface area (Å²) in [5.74, 6) is 1.56. The van der Waals surface area contributed by atoms with Crippen molar-refractivity contribution in [2.75, 3.05) is 6.54 Å². The lowest BCUT2D eigenvalue weighted by molar-refractivity contribution is 0.506. The van der Waals surface area contributed by atoms with Crippen LogP contribution in [-0.2, 0) is 29.5 Å². The molecule has 7 nitrogen and oxygen atoms in total. The van der Waals surface area contributed by atoms with Gasteiger partial charge in [-0.2, -0.15) is 0 Å². The van der Waals surface area contributed by atoms with Crippen LogP contribution in [0.5, 0.6) is 0 Å². The molecule has 4 N–H and O–H groups in total. The Hall–Kier alpha value is -3.10. The van der Waals surface area contributed by atoms with Crippen molar-refractivity contribution in [2.24, 2.45) is 10.1 Å². The largest absolute Gasteiger partial charge is 0.469 e. The molecule has 1 aromatic heterocycles. The van der Waals surface area contributed by atoms with Crippen molar-refractivity contribution in [1.82, 2.24) is 10.6 Å². The Morgan fingerprint density at radius 1 is 0.931 bits per heavy atom. The minimum atomic E-state index is -3.69. The second-order valence-electron chi connectivity index (χ2n) is 6.45. The van der Waals surface area contributed by atoms with Crippen LogP contribution in [0, 0.1) is 0 Å². The predicted octanol–water partition coefficient (Wildman–Crippen LogP) is 2.41. The van der Waals surface area contributed by atoms with E-state index in [-0.39, 0.29) is 4.90 Å². The molecule has 0 aliphatic carbocycles. The Labute approximate surface area is 170 Å². The van der Waals surface area contributed by atoms with Crippen LogP contribution in [0.3, 0.4) is 0 Å². The van der Waals surface area contributed by atoms with Gasteiger partial charge in [0.1, 0.15) is 5.76 Å². The summed E-state index contributed by atoms with van der Waals surface area (Å²) in [6, 6.07) is 20.2. The van der Waals surface area contributed by atoms with E-state index < -0.39 is 10.0 Å². The molecule has 0 bridgehead atoms. The lowest BCUT2D eigenvalue weighted by Gasteiger charge is -2.13. The Balaban J connectivity index is 1.61. The third kappa shape index (κ3) is 6.78. The molecule has 3 aromatic rings. The van der Waals surface area contributed by atoms with Crippen LogP contribution in [0.1, 0.15) is 16.9 Å². The third-order valence-corrected chi connectivity index (χ3v) is 5.15. The second-order valence-corrected chi connectivity index (χ2v) is 8.01. The van der Waals surface area contributed by atoms with E-state index in [1.165, 1.54) is 12.1 Å². The number of rotatable bonds is 8. The molecule has 8 heteroatoms. The van der Waals surface area contributed by atoms with Gasteiger partial charge in [-0.15, -0.1) is 0 Å².